The maximum absolute atomic E-state index is 11.8. The molecule has 0 radical (unpaired) electrons. The lowest BCUT2D eigenvalue weighted by Gasteiger charge is -2.11. The Balaban J connectivity index is 2.29. The van der Waals surface area contributed by atoms with Gasteiger partial charge in [-0.25, -0.2) is 0 Å². The first-order valence-corrected chi connectivity index (χ1v) is 7.07. The van der Waals surface area contributed by atoms with Gasteiger partial charge < -0.3 is 10.6 Å². The van der Waals surface area contributed by atoms with Crippen LogP contribution in [0.1, 0.15) is 37.8 Å². The maximum atomic E-state index is 11.8. The predicted octanol–water partition coefficient (Wildman–Crippen LogP) is 3.27. The second kappa shape index (κ2) is 7.95. The number of hydrogen-bond donors (Lipinski definition) is 2. The molecule has 3 heteroatoms. The van der Waals surface area contributed by atoms with Crippen LogP contribution >= 0.6 is 0 Å². The highest BCUT2D eigenvalue weighted by atomic mass is 16.1. The van der Waals surface area contributed by atoms with E-state index in [2.05, 4.69) is 37.5 Å². The van der Waals surface area contributed by atoms with Crippen molar-refractivity contribution in [3.63, 3.8) is 0 Å². The molecule has 0 fully saturated rings. The van der Waals surface area contributed by atoms with Crippen molar-refractivity contribution >= 4 is 11.6 Å². The van der Waals surface area contributed by atoms with Gasteiger partial charge in [0.2, 0.25) is 5.91 Å². The first kappa shape index (κ1) is 15.7. The second-order valence-corrected chi connectivity index (χ2v) is 5.48. The van der Waals surface area contributed by atoms with Crippen LogP contribution in [0.15, 0.2) is 18.2 Å². The summed E-state index contributed by atoms with van der Waals surface area (Å²) >= 11 is 0. The Hall–Kier alpha value is -1.35. The number of amides is 1. The monoisotopic (exact) mass is 262 g/mol. The molecule has 3 nitrogen and oxygen atoms in total. The molecule has 2 N–H and O–H groups in total. The van der Waals surface area contributed by atoms with E-state index in [0.29, 0.717) is 12.3 Å². The molecule has 0 heterocycles. The molecular weight excluding hydrogens is 236 g/mol. The summed E-state index contributed by atoms with van der Waals surface area (Å²) in [6.45, 7) is 10.2. The Kier molecular flexibility index (Phi) is 6.57. The largest absolute Gasteiger partial charge is 0.326 e. The molecule has 0 spiro atoms. The Bertz CT molecular complexity index is 413. The molecule has 0 aromatic heterocycles. The van der Waals surface area contributed by atoms with E-state index in [9.17, 15) is 4.79 Å². The summed E-state index contributed by atoms with van der Waals surface area (Å²) in [6.07, 6.45) is 1.67. The minimum Gasteiger partial charge on any atom is -0.326 e. The third-order valence-corrected chi connectivity index (χ3v) is 3.31. The van der Waals surface area contributed by atoms with Crippen molar-refractivity contribution in [1.82, 2.24) is 5.32 Å². The lowest BCUT2D eigenvalue weighted by molar-refractivity contribution is -0.116. The van der Waals surface area contributed by atoms with E-state index in [1.807, 2.05) is 19.1 Å². The zero-order chi connectivity index (χ0) is 14.3. The minimum atomic E-state index is 0.0748. The molecule has 0 atom stereocenters. The highest BCUT2D eigenvalue weighted by molar-refractivity contribution is 5.91. The van der Waals surface area contributed by atoms with Crippen LogP contribution in [0.25, 0.3) is 0 Å². The van der Waals surface area contributed by atoms with Crippen LogP contribution in [0.2, 0.25) is 0 Å². The summed E-state index contributed by atoms with van der Waals surface area (Å²) < 4.78 is 0. The minimum absolute atomic E-state index is 0.0748. The fourth-order valence-corrected chi connectivity index (χ4v) is 1.82. The molecule has 1 amide bonds. The molecule has 1 rings (SSSR count). The molecule has 19 heavy (non-hydrogen) atoms. The van der Waals surface area contributed by atoms with E-state index in [0.717, 1.165) is 30.8 Å². The molecule has 106 valence electrons. The summed E-state index contributed by atoms with van der Waals surface area (Å²) in [6, 6.07) is 5.98. The third-order valence-electron chi connectivity index (χ3n) is 3.31. The van der Waals surface area contributed by atoms with Gasteiger partial charge in [0.05, 0.1) is 0 Å². The maximum Gasteiger partial charge on any atom is 0.225 e. The van der Waals surface area contributed by atoms with Crippen molar-refractivity contribution < 1.29 is 4.79 Å². The van der Waals surface area contributed by atoms with Crippen LogP contribution in [-0.2, 0) is 4.79 Å². The van der Waals surface area contributed by atoms with Crippen LogP contribution < -0.4 is 10.6 Å². The number of carbonyl (C=O) groups is 1. The molecule has 0 aliphatic heterocycles. The molecule has 0 saturated carbocycles. The summed E-state index contributed by atoms with van der Waals surface area (Å²) in [4.78, 5) is 11.8. The Labute approximate surface area is 116 Å². The molecule has 0 bridgehead atoms. The fourth-order valence-electron chi connectivity index (χ4n) is 1.82. The molecular formula is C16H26N2O. The average molecular weight is 262 g/mol. The number of hydrogen-bond acceptors (Lipinski definition) is 2. The predicted molar refractivity (Wildman–Crippen MR) is 81.5 cm³/mol. The topological polar surface area (TPSA) is 41.1 Å². The first-order valence-electron chi connectivity index (χ1n) is 7.07. The Morgan fingerprint density at radius 3 is 2.63 bits per heavy atom. The van der Waals surface area contributed by atoms with E-state index in [1.54, 1.807) is 0 Å². The number of benzene rings is 1. The number of aryl methyl sites for hydroxylation is 1. The molecule has 0 unspecified atom stereocenters. The number of nitrogens with one attached hydrogen (secondary N) is 2. The second-order valence-electron chi connectivity index (χ2n) is 5.48. The molecule has 0 aliphatic carbocycles. The molecule has 0 aliphatic rings. The lowest BCUT2D eigenvalue weighted by atomic mass is 10.1. The average Bonchev–Trinajstić information content (AvgIpc) is 2.34. The number of anilines is 1. The molecule has 0 saturated heterocycles. The van der Waals surface area contributed by atoms with Crippen LogP contribution in [0.4, 0.5) is 5.69 Å². The SMILES string of the molecule is Cc1cccc(NC(=O)CCNCCC(C)C)c1C. The van der Waals surface area contributed by atoms with Crippen molar-refractivity contribution in [2.24, 2.45) is 5.92 Å². The summed E-state index contributed by atoms with van der Waals surface area (Å²) in [5.41, 5.74) is 3.27. The Morgan fingerprint density at radius 2 is 1.95 bits per heavy atom. The third kappa shape index (κ3) is 5.88. The van der Waals surface area contributed by atoms with Crippen molar-refractivity contribution in [3.8, 4) is 0 Å². The van der Waals surface area contributed by atoms with Gasteiger partial charge in [0.15, 0.2) is 0 Å². The number of carbonyl (C=O) groups excluding carboxylic acids is 1. The van der Waals surface area contributed by atoms with E-state index in [4.69, 9.17) is 0 Å². The van der Waals surface area contributed by atoms with Crippen LogP contribution in [0, 0.1) is 19.8 Å². The van der Waals surface area contributed by atoms with Gasteiger partial charge in [0.25, 0.3) is 0 Å². The van der Waals surface area contributed by atoms with Gasteiger partial charge in [-0.1, -0.05) is 26.0 Å². The van der Waals surface area contributed by atoms with Gasteiger partial charge in [0.1, 0.15) is 0 Å². The zero-order valence-electron chi connectivity index (χ0n) is 12.5. The van der Waals surface area contributed by atoms with Crippen molar-refractivity contribution in [1.29, 1.82) is 0 Å². The standard InChI is InChI=1S/C16H26N2O/c1-12(2)8-10-17-11-9-16(19)18-15-7-5-6-13(3)14(15)4/h5-7,12,17H,8-11H2,1-4H3,(H,18,19). The first-order chi connectivity index (χ1) is 9.00. The molecule has 1 aromatic rings. The quantitative estimate of drug-likeness (QED) is 0.740. The van der Waals surface area contributed by atoms with Crippen molar-refractivity contribution in [2.75, 3.05) is 18.4 Å². The van der Waals surface area contributed by atoms with Gasteiger partial charge in [-0.15, -0.1) is 0 Å². The summed E-state index contributed by atoms with van der Waals surface area (Å²) in [5, 5.41) is 6.27. The van der Waals surface area contributed by atoms with Gasteiger partial charge in [-0.05, 0) is 49.9 Å². The van der Waals surface area contributed by atoms with Crippen molar-refractivity contribution in [3.05, 3.63) is 29.3 Å². The number of rotatable bonds is 7. The van der Waals surface area contributed by atoms with E-state index in [-0.39, 0.29) is 5.91 Å². The van der Waals surface area contributed by atoms with Gasteiger partial charge in [0, 0.05) is 18.7 Å². The van der Waals surface area contributed by atoms with Crippen LogP contribution in [0.5, 0.6) is 0 Å². The van der Waals surface area contributed by atoms with Gasteiger partial charge in [-0.3, -0.25) is 4.79 Å². The Morgan fingerprint density at radius 1 is 1.21 bits per heavy atom. The highest BCUT2D eigenvalue weighted by Crippen LogP contribution is 2.17. The lowest BCUT2D eigenvalue weighted by Crippen LogP contribution is -2.23. The van der Waals surface area contributed by atoms with E-state index in [1.165, 1.54) is 5.56 Å². The van der Waals surface area contributed by atoms with Crippen LogP contribution in [-0.4, -0.2) is 19.0 Å². The summed E-state index contributed by atoms with van der Waals surface area (Å²) in [5.74, 6) is 0.780. The van der Waals surface area contributed by atoms with Crippen LogP contribution in [0.3, 0.4) is 0 Å². The van der Waals surface area contributed by atoms with Gasteiger partial charge >= 0.3 is 0 Å². The summed E-state index contributed by atoms with van der Waals surface area (Å²) in [7, 11) is 0. The molecule has 1 aromatic carbocycles. The zero-order valence-corrected chi connectivity index (χ0v) is 12.5. The normalized spacial score (nSPS) is 10.8. The fraction of sp³-hybridized carbons (Fsp3) is 0.562. The van der Waals surface area contributed by atoms with E-state index < -0.39 is 0 Å². The smallest absolute Gasteiger partial charge is 0.225 e. The highest BCUT2D eigenvalue weighted by Gasteiger charge is 2.05. The van der Waals surface area contributed by atoms with Gasteiger partial charge in [-0.2, -0.15) is 0 Å². The van der Waals surface area contributed by atoms with E-state index >= 15 is 0 Å². The van der Waals surface area contributed by atoms with Crippen molar-refractivity contribution in [2.45, 2.75) is 40.5 Å².